The van der Waals surface area contributed by atoms with Gasteiger partial charge in [0, 0.05) is 11.1 Å². The number of fused-ring (bicyclic) bond motifs is 1. The van der Waals surface area contributed by atoms with Gasteiger partial charge in [-0.1, -0.05) is 18.2 Å². The molecule has 0 saturated heterocycles. The van der Waals surface area contributed by atoms with Gasteiger partial charge in [-0.2, -0.15) is 5.26 Å². The third-order valence-electron chi connectivity index (χ3n) is 5.14. The number of H-pyrrole nitrogens is 1. The van der Waals surface area contributed by atoms with Crippen LogP contribution in [0.4, 0.5) is 0 Å². The lowest BCUT2D eigenvalue weighted by Gasteiger charge is -2.25. The topological polar surface area (TPSA) is 115 Å². The summed E-state index contributed by atoms with van der Waals surface area (Å²) in [5, 5.41) is 17.3. The van der Waals surface area contributed by atoms with Crippen LogP contribution in [0.25, 0.3) is 11.3 Å². The van der Waals surface area contributed by atoms with Crippen LogP contribution in [-0.2, 0) is 0 Å². The van der Waals surface area contributed by atoms with Crippen LogP contribution in [-0.4, -0.2) is 31.0 Å². The Morgan fingerprint density at radius 1 is 1.13 bits per heavy atom. The van der Waals surface area contributed by atoms with Crippen molar-refractivity contribution in [2.24, 2.45) is 5.73 Å². The fourth-order valence-electron chi connectivity index (χ4n) is 3.77. The van der Waals surface area contributed by atoms with Crippen LogP contribution in [0.2, 0.25) is 0 Å². The Morgan fingerprint density at radius 3 is 2.61 bits per heavy atom. The van der Waals surface area contributed by atoms with Gasteiger partial charge in [0.25, 0.3) is 0 Å². The van der Waals surface area contributed by atoms with Gasteiger partial charge in [-0.25, -0.2) is 0 Å². The number of nitriles is 1. The van der Waals surface area contributed by atoms with E-state index in [0.29, 0.717) is 46.6 Å². The highest BCUT2D eigenvalue weighted by atomic mass is 16.5. The minimum atomic E-state index is -0.515. The first-order chi connectivity index (χ1) is 15.1. The SMILES string of the molecule is CCOc1ccccc1[C@@H]1C(C#N)=C(N)Oc2n[nH]c(-c3ccc(OC)c(OC)c3)c21. The van der Waals surface area contributed by atoms with E-state index in [-0.39, 0.29) is 5.88 Å². The van der Waals surface area contributed by atoms with Gasteiger partial charge >= 0.3 is 0 Å². The van der Waals surface area contributed by atoms with Crippen LogP contribution >= 0.6 is 0 Å². The number of allylic oxidation sites excluding steroid dienone is 1. The average Bonchev–Trinajstić information content (AvgIpc) is 3.21. The summed E-state index contributed by atoms with van der Waals surface area (Å²) in [7, 11) is 3.16. The molecule has 8 heteroatoms. The van der Waals surface area contributed by atoms with Crippen LogP contribution in [0.1, 0.15) is 24.0 Å². The normalized spacial score (nSPS) is 15.0. The van der Waals surface area contributed by atoms with Crippen molar-refractivity contribution in [3.8, 4) is 40.5 Å². The van der Waals surface area contributed by atoms with E-state index in [2.05, 4.69) is 16.3 Å². The second-order valence-electron chi connectivity index (χ2n) is 6.78. The van der Waals surface area contributed by atoms with Crippen LogP contribution < -0.4 is 24.7 Å². The molecule has 3 N–H and O–H groups in total. The van der Waals surface area contributed by atoms with Crippen molar-refractivity contribution in [1.29, 1.82) is 5.26 Å². The summed E-state index contributed by atoms with van der Waals surface area (Å²) < 4.78 is 22.3. The molecule has 3 aromatic rings. The zero-order valence-corrected chi connectivity index (χ0v) is 17.4. The Labute approximate surface area is 179 Å². The molecule has 1 aromatic heterocycles. The predicted molar refractivity (Wildman–Crippen MR) is 114 cm³/mol. The Hall–Kier alpha value is -4.12. The molecule has 31 heavy (non-hydrogen) atoms. The molecule has 4 rings (SSSR count). The highest BCUT2D eigenvalue weighted by Gasteiger charge is 2.37. The van der Waals surface area contributed by atoms with E-state index in [9.17, 15) is 5.26 Å². The molecule has 0 radical (unpaired) electrons. The van der Waals surface area contributed by atoms with Crippen LogP contribution in [0.5, 0.6) is 23.1 Å². The maximum atomic E-state index is 9.91. The van der Waals surface area contributed by atoms with Crippen molar-refractivity contribution in [3.05, 3.63) is 65.0 Å². The second kappa shape index (κ2) is 8.32. The van der Waals surface area contributed by atoms with Gasteiger partial charge in [0.05, 0.1) is 38.0 Å². The first-order valence-electron chi connectivity index (χ1n) is 9.72. The molecule has 1 aliphatic rings. The lowest BCUT2D eigenvalue weighted by atomic mass is 9.82. The highest BCUT2D eigenvalue weighted by molar-refractivity contribution is 5.73. The van der Waals surface area contributed by atoms with Gasteiger partial charge in [-0.15, -0.1) is 5.10 Å². The highest BCUT2D eigenvalue weighted by Crippen LogP contribution is 2.48. The summed E-state index contributed by atoms with van der Waals surface area (Å²) in [6.45, 7) is 2.40. The minimum Gasteiger partial charge on any atom is -0.494 e. The first-order valence-corrected chi connectivity index (χ1v) is 9.72. The number of rotatable bonds is 6. The zero-order chi connectivity index (χ0) is 22.0. The van der Waals surface area contributed by atoms with Gasteiger partial charge in [0.15, 0.2) is 11.5 Å². The summed E-state index contributed by atoms with van der Waals surface area (Å²) in [4.78, 5) is 0. The molecule has 1 atom stereocenters. The van der Waals surface area contributed by atoms with Gasteiger partial charge in [0.2, 0.25) is 11.8 Å². The molecule has 158 valence electrons. The van der Waals surface area contributed by atoms with E-state index in [1.165, 1.54) is 0 Å². The lowest BCUT2D eigenvalue weighted by Crippen LogP contribution is -2.21. The van der Waals surface area contributed by atoms with E-state index < -0.39 is 5.92 Å². The Bertz CT molecular complexity index is 1190. The quantitative estimate of drug-likeness (QED) is 0.627. The van der Waals surface area contributed by atoms with Crippen LogP contribution in [0.15, 0.2) is 53.9 Å². The zero-order valence-electron chi connectivity index (χ0n) is 17.4. The monoisotopic (exact) mass is 418 g/mol. The molecular formula is C23H22N4O4. The molecule has 2 aromatic carbocycles. The standard InChI is InChI=1S/C23H22N4O4/c1-4-30-16-8-6-5-7-14(16)19-15(12-24)22(25)31-23-20(19)21(26-27-23)13-9-10-17(28-2)18(11-13)29-3/h5-11,19H,4,25H2,1-3H3,(H,26,27)/t19-/m1/s1. The third-order valence-corrected chi connectivity index (χ3v) is 5.14. The van der Waals surface area contributed by atoms with E-state index >= 15 is 0 Å². The molecule has 0 spiro atoms. The molecule has 2 heterocycles. The number of nitrogens with two attached hydrogens (primary N) is 1. The fourth-order valence-corrected chi connectivity index (χ4v) is 3.77. The Morgan fingerprint density at radius 2 is 1.90 bits per heavy atom. The average molecular weight is 418 g/mol. The number of hydrogen-bond acceptors (Lipinski definition) is 7. The first kappa shape index (κ1) is 20.2. The Kier molecular flexibility index (Phi) is 5.41. The largest absolute Gasteiger partial charge is 0.494 e. The van der Waals surface area contributed by atoms with Crippen LogP contribution in [0.3, 0.4) is 0 Å². The molecule has 0 aliphatic carbocycles. The maximum absolute atomic E-state index is 9.91. The van der Waals surface area contributed by atoms with Gasteiger partial charge in [-0.3, -0.25) is 5.10 Å². The summed E-state index contributed by atoms with van der Waals surface area (Å²) in [5.41, 5.74) is 9.37. The molecule has 0 bridgehead atoms. The summed E-state index contributed by atoms with van der Waals surface area (Å²) in [6, 6.07) is 15.3. The summed E-state index contributed by atoms with van der Waals surface area (Å²) in [6.07, 6.45) is 0. The van der Waals surface area contributed by atoms with Crippen molar-refractivity contribution in [2.75, 3.05) is 20.8 Å². The molecule has 0 amide bonds. The van der Waals surface area contributed by atoms with Crippen LogP contribution in [0, 0.1) is 11.3 Å². The number of para-hydroxylation sites is 1. The van der Waals surface area contributed by atoms with E-state index in [1.807, 2.05) is 49.4 Å². The third kappa shape index (κ3) is 3.40. The number of hydrogen-bond donors (Lipinski definition) is 2. The van der Waals surface area contributed by atoms with Crippen molar-refractivity contribution in [1.82, 2.24) is 10.2 Å². The minimum absolute atomic E-state index is 0.0247. The number of nitrogens with one attached hydrogen (secondary N) is 1. The van der Waals surface area contributed by atoms with E-state index in [0.717, 1.165) is 11.1 Å². The number of nitrogens with zero attached hydrogens (tertiary/aromatic N) is 2. The Balaban J connectivity index is 1.94. The predicted octanol–water partition coefficient (Wildman–Crippen LogP) is 3.71. The van der Waals surface area contributed by atoms with Crippen molar-refractivity contribution >= 4 is 0 Å². The lowest BCUT2D eigenvalue weighted by molar-refractivity contribution is 0.334. The van der Waals surface area contributed by atoms with Crippen molar-refractivity contribution < 1.29 is 18.9 Å². The smallest absolute Gasteiger partial charge is 0.244 e. The molecule has 8 nitrogen and oxygen atoms in total. The summed E-state index contributed by atoms with van der Waals surface area (Å²) in [5.74, 6) is 1.67. The molecule has 0 unspecified atom stereocenters. The van der Waals surface area contributed by atoms with E-state index in [4.69, 9.17) is 24.7 Å². The number of methoxy groups -OCH3 is 2. The van der Waals surface area contributed by atoms with Gasteiger partial charge in [0.1, 0.15) is 17.4 Å². The maximum Gasteiger partial charge on any atom is 0.244 e. The molecular weight excluding hydrogens is 396 g/mol. The number of aromatic amines is 1. The number of ether oxygens (including phenoxy) is 4. The molecule has 0 fully saturated rings. The van der Waals surface area contributed by atoms with Gasteiger partial charge < -0.3 is 24.7 Å². The number of aromatic nitrogens is 2. The van der Waals surface area contributed by atoms with Crippen molar-refractivity contribution in [3.63, 3.8) is 0 Å². The van der Waals surface area contributed by atoms with Gasteiger partial charge in [-0.05, 0) is 31.2 Å². The summed E-state index contributed by atoms with van der Waals surface area (Å²) >= 11 is 0. The molecule has 0 saturated carbocycles. The number of benzene rings is 2. The second-order valence-corrected chi connectivity index (χ2v) is 6.78. The molecule has 1 aliphatic heterocycles. The van der Waals surface area contributed by atoms with E-state index in [1.54, 1.807) is 14.2 Å². The van der Waals surface area contributed by atoms with Crippen molar-refractivity contribution in [2.45, 2.75) is 12.8 Å². The fraction of sp³-hybridized carbons (Fsp3) is 0.217.